The van der Waals surface area contributed by atoms with Crippen LogP contribution >= 0.6 is 0 Å². The van der Waals surface area contributed by atoms with Gasteiger partial charge >= 0.3 is 5.63 Å². The molecule has 152 valence electrons. The summed E-state index contributed by atoms with van der Waals surface area (Å²) in [5.74, 6) is 0.402. The van der Waals surface area contributed by atoms with Crippen molar-refractivity contribution in [2.24, 2.45) is 0 Å². The molecule has 2 heterocycles. The third-order valence-corrected chi connectivity index (χ3v) is 4.94. The Morgan fingerprint density at radius 1 is 1.23 bits per heavy atom. The molecule has 0 aliphatic rings. The Balaban J connectivity index is 1.52. The van der Waals surface area contributed by atoms with Gasteiger partial charge in [-0.05, 0) is 43.2 Å². The number of rotatable bonds is 6. The van der Waals surface area contributed by atoms with E-state index in [2.05, 4.69) is 15.6 Å². The molecular weight excluding hydrogens is 384 g/mol. The maximum atomic E-state index is 12.6. The molecule has 0 saturated heterocycles. The van der Waals surface area contributed by atoms with Gasteiger partial charge in [-0.3, -0.25) is 4.79 Å². The molecule has 1 N–H and O–H groups in total. The molecule has 0 fully saturated rings. The van der Waals surface area contributed by atoms with Gasteiger partial charge < -0.3 is 14.5 Å². The van der Waals surface area contributed by atoms with Crippen molar-refractivity contribution in [1.29, 1.82) is 0 Å². The lowest BCUT2D eigenvalue weighted by Crippen LogP contribution is -2.17. The Labute approximate surface area is 172 Å². The van der Waals surface area contributed by atoms with Gasteiger partial charge in [0.05, 0.1) is 30.9 Å². The van der Waals surface area contributed by atoms with Gasteiger partial charge in [0, 0.05) is 23.4 Å². The van der Waals surface area contributed by atoms with E-state index in [1.807, 2.05) is 37.3 Å². The van der Waals surface area contributed by atoms with Gasteiger partial charge in [0.15, 0.2) is 0 Å². The van der Waals surface area contributed by atoms with Crippen molar-refractivity contribution >= 4 is 22.6 Å². The molecule has 1 amide bonds. The van der Waals surface area contributed by atoms with E-state index in [1.165, 1.54) is 0 Å². The topological polar surface area (TPSA) is 99.2 Å². The predicted octanol–water partition coefficient (Wildman–Crippen LogP) is 3.26. The van der Waals surface area contributed by atoms with Gasteiger partial charge in [0.25, 0.3) is 0 Å². The van der Waals surface area contributed by atoms with E-state index in [4.69, 9.17) is 9.15 Å². The van der Waals surface area contributed by atoms with Crippen LogP contribution in [-0.2, 0) is 11.2 Å². The van der Waals surface area contributed by atoms with Crippen LogP contribution in [-0.4, -0.2) is 28.0 Å². The van der Waals surface area contributed by atoms with Gasteiger partial charge in [-0.2, -0.15) is 0 Å². The quantitative estimate of drug-likeness (QED) is 0.495. The van der Waals surface area contributed by atoms with Gasteiger partial charge in [-0.25, -0.2) is 9.48 Å². The lowest BCUT2D eigenvalue weighted by atomic mass is 10.0. The summed E-state index contributed by atoms with van der Waals surface area (Å²) in [6.45, 7) is 1.86. The molecule has 2 aromatic heterocycles. The Kier molecular flexibility index (Phi) is 5.30. The van der Waals surface area contributed by atoms with Crippen molar-refractivity contribution in [2.75, 3.05) is 12.4 Å². The van der Waals surface area contributed by atoms with E-state index >= 15 is 0 Å². The Bertz CT molecular complexity index is 1260. The van der Waals surface area contributed by atoms with Gasteiger partial charge in [-0.1, -0.05) is 17.3 Å². The zero-order chi connectivity index (χ0) is 21.1. The molecule has 4 rings (SSSR count). The highest BCUT2D eigenvalue weighted by atomic mass is 16.5. The van der Waals surface area contributed by atoms with Crippen molar-refractivity contribution in [2.45, 2.75) is 19.8 Å². The van der Waals surface area contributed by atoms with E-state index in [0.717, 1.165) is 10.9 Å². The van der Waals surface area contributed by atoms with Crippen LogP contribution in [0.3, 0.4) is 0 Å². The molecule has 0 atom stereocenters. The van der Waals surface area contributed by atoms with Crippen LogP contribution in [0.5, 0.6) is 5.75 Å². The molecule has 30 heavy (non-hydrogen) atoms. The number of ether oxygens (including phenoxy) is 1. The van der Waals surface area contributed by atoms with Crippen LogP contribution in [0.2, 0.25) is 0 Å². The van der Waals surface area contributed by atoms with Crippen LogP contribution in [0.15, 0.2) is 64.1 Å². The van der Waals surface area contributed by atoms with Crippen LogP contribution in [0.25, 0.3) is 16.7 Å². The van der Waals surface area contributed by atoms with Gasteiger partial charge in [0.2, 0.25) is 5.91 Å². The number of nitrogens with zero attached hydrogens (tertiary/aromatic N) is 3. The lowest BCUT2D eigenvalue weighted by molar-refractivity contribution is -0.116. The van der Waals surface area contributed by atoms with E-state index in [9.17, 15) is 9.59 Å². The smallest absolute Gasteiger partial charge is 0.339 e. The molecule has 8 nitrogen and oxygen atoms in total. The average molecular weight is 404 g/mol. The minimum absolute atomic E-state index is 0.138. The number of benzene rings is 2. The van der Waals surface area contributed by atoms with Crippen molar-refractivity contribution in [3.63, 3.8) is 0 Å². The number of carbonyl (C=O) groups excluding carboxylic acids is 1. The monoisotopic (exact) mass is 404 g/mol. The number of anilines is 1. The second-order valence-corrected chi connectivity index (χ2v) is 6.77. The highest BCUT2D eigenvalue weighted by Gasteiger charge is 2.15. The second-order valence-electron chi connectivity index (χ2n) is 6.77. The molecule has 4 aromatic rings. The van der Waals surface area contributed by atoms with Crippen molar-refractivity contribution in [1.82, 2.24) is 15.0 Å². The summed E-state index contributed by atoms with van der Waals surface area (Å²) in [6.07, 6.45) is 3.67. The number of amides is 1. The van der Waals surface area contributed by atoms with Crippen LogP contribution in [0.1, 0.15) is 17.5 Å². The fourth-order valence-electron chi connectivity index (χ4n) is 3.36. The largest absolute Gasteiger partial charge is 0.497 e. The third-order valence-electron chi connectivity index (χ3n) is 4.94. The summed E-state index contributed by atoms with van der Waals surface area (Å²) in [6, 6.07) is 12.6. The standard InChI is InChI=1S/C22H20N4O4/c1-14-16-8-7-15(29-2)13-20(16)30-22(28)17(14)9-10-21(27)24-18-5-3-4-6-19(18)26-12-11-23-25-26/h3-8,11-13H,9-10H2,1-2H3,(H,24,27). The molecule has 0 spiro atoms. The van der Waals surface area contributed by atoms with Crippen molar-refractivity contribution in [3.05, 3.63) is 76.4 Å². The summed E-state index contributed by atoms with van der Waals surface area (Å²) in [5, 5.41) is 11.5. The molecule has 0 aliphatic carbocycles. The first kappa shape index (κ1) is 19.4. The maximum absolute atomic E-state index is 12.6. The lowest BCUT2D eigenvalue weighted by Gasteiger charge is -2.11. The molecule has 0 unspecified atom stereocenters. The number of nitrogens with one attached hydrogen (secondary N) is 1. The number of methoxy groups -OCH3 is 1. The molecular formula is C22H20N4O4. The second kappa shape index (κ2) is 8.20. The number of aryl methyl sites for hydroxylation is 1. The summed E-state index contributed by atoms with van der Waals surface area (Å²) >= 11 is 0. The number of carbonyl (C=O) groups is 1. The highest BCUT2D eigenvalue weighted by molar-refractivity contribution is 5.93. The fourth-order valence-corrected chi connectivity index (χ4v) is 3.36. The third kappa shape index (κ3) is 3.80. The highest BCUT2D eigenvalue weighted by Crippen LogP contribution is 2.25. The Hall–Kier alpha value is -3.94. The number of para-hydroxylation sites is 2. The van der Waals surface area contributed by atoms with E-state index < -0.39 is 5.63 Å². The summed E-state index contributed by atoms with van der Waals surface area (Å²) < 4.78 is 12.2. The zero-order valence-corrected chi connectivity index (χ0v) is 16.6. The Morgan fingerprint density at radius 3 is 2.83 bits per heavy atom. The van der Waals surface area contributed by atoms with Crippen LogP contribution in [0.4, 0.5) is 5.69 Å². The van der Waals surface area contributed by atoms with Gasteiger partial charge in [-0.15, -0.1) is 5.10 Å². The van der Waals surface area contributed by atoms with Gasteiger partial charge in [0.1, 0.15) is 11.3 Å². The molecule has 0 aliphatic heterocycles. The zero-order valence-electron chi connectivity index (χ0n) is 16.6. The van der Waals surface area contributed by atoms with E-state index in [-0.39, 0.29) is 18.7 Å². The Morgan fingerprint density at radius 2 is 2.07 bits per heavy atom. The maximum Gasteiger partial charge on any atom is 0.339 e. The summed E-state index contributed by atoms with van der Waals surface area (Å²) in [7, 11) is 1.56. The molecule has 2 aromatic carbocycles. The number of fused-ring (bicyclic) bond motifs is 1. The SMILES string of the molecule is COc1ccc2c(C)c(CCC(=O)Nc3ccccc3-n3ccnn3)c(=O)oc2c1. The minimum atomic E-state index is -0.441. The van der Waals surface area contributed by atoms with Crippen molar-refractivity contribution in [3.8, 4) is 11.4 Å². The average Bonchev–Trinajstić information content (AvgIpc) is 3.28. The van der Waals surface area contributed by atoms with Crippen LogP contribution < -0.4 is 15.7 Å². The summed E-state index contributed by atoms with van der Waals surface area (Å²) in [5.41, 5.74) is 2.64. The molecule has 0 bridgehead atoms. The molecule has 0 radical (unpaired) electrons. The molecule has 0 saturated carbocycles. The predicted molar refractivity (Wildman–Crippen MR) is 112 cm³/mol. The number of aromatic nitrogens is 3. The van der Waals surface area contributed by atoms with Crippen LogP contribution in [0, 0.1) is 6.92 Å². The first-order chi connectivity index (χ1) is 14.6. The first-order valence-electron chi connectivity index (χ1n) is 9.42. The first-order valence-corrected chi connectivity index (χ1v) is 9.42. The number of hydrogen-bond donors (Lipinski definition) is 1. The molecule has 8 heteroatoms. The summed E-state index contributed by atoms with van der Waals surface area (Å²) in [4.78, 5) is 25.0. The fraction of sp³-hybridized carbons (Fsp3) is 0.182. The number of hydrogen-bond acceptors (Lipinski definition) is 6. The van der Waals surface area contributed by atoms with E-state index in [0.29, 0.717) is 28.3 Å². The van der Waals surface area contributed by atoms with E-state index in [1.54, 1.807) is 36.3 Å². The minimum Gasteiger partial charge on any atom is -0.497 e. The normalized spacial score (nSPS) is 10.9. The van der Waals surface area contributed by atoms with Crippen molar-refractivity contribution < 1.29 is 13.9 Å².